The molecule has 0 aromatic heterocycles. The fraction of sp³-hybridized carbons (Fsp3) is 0.286. The summed E-state index contributed by atoms with van der Waals surface area (Å²) >= 11 is 0. The first-order valence-electron chi connectivity index (χ1n) is 26.4. The smallest absolute Gasteiger partial charge is 0.0725 e. The Morgan fingerprint density at radius 1 is 0.514 bits per heavy atom. The van der Waals surface area contributed by atoms with Crippen LogP contribution < -0.4 is 0 Å². The Hall–Kier alpha value is -6.50. The van der Waals surface area contributed by atoms with Crippen molar-refractivity contribution in [2.75, 3.05) is 0 Å². The summed E-state index contributed by atoms with van der Waals surface area (Å²) in [6, 6.07) is 46.6. The molecule has 0 bridgehead atoms. The first kappa shape index (κ1) is 52.9. The summed E-state index contributed by atoms with van der Waals surface area (Å²) in [4.78, 5) is 0. The third kappa shape index (κ3) is 10.5. The largest absolute Gasteiger partial charge is 0.0984 e. The SMILES string of the molecule is C=CC1=C(/C=C\C)C2(c3ccccc31)c1ccccc1-c1cc(C)ccc12.CC.CCC.CCCC.Cc1ccc2c3c(c4c(c2c1)C=CCC4)CCC=C3.Cc1ccccc1-c1cccc(C)c1C. The molecule has 7 aromatic rings. The van der Waals surface area contributed by atoms with Crippen LogP contribution in [0, 0.1) is 34.6 Å². The molecule has 70 heavy (non-hydrogen) atoms. The monoisotopic (exact) mass is 921 g/mol. The topological polar surface area (TPSA) is 0 Å². The Labute approximate surface area is 424 Å². The third-order valence-corrected chi connectivity index (χ3v) is 14.1. The molecule has 0 saturated heterocycles. The van der Waals surface area contributed by atoms with E-state index in [1.54, 1.807) is 11.1 Å². The molecule has 0 nitrogen and oxygen atoms in total. The maximum absolute atomic E-state index is 4.16. The van der Waals surface area contributed by atoms with E-state index >= 15 is 0 Å². The molecule has 0 amide bonds. The third-order valence-electron chi connectivity index (χ3n) is 14.1. The molecule has 1 unspecified atom stereocenters. The van der Waals surface area contributed by atoms with Crippen molar-refractivity contribution in [3.05, 3.63) is 242 Å². The molecule has 4 aliphatic carbocycles. The van der Waals surface area contributed by atoms with Crippen LogP contribution in [0.1, 0.15) is 153 Å². The summed E-state index contributed by atoms with van der Waals surface area (Å²) in [5.41, 5.74) is 26.1. The summed E-state index contributed by atoms with van der Waals surface area (Å²) in [5.74, 6) is 0. The van der Waals surface area contributed by atoms with E-state index in [0.29, 0.717) is 0 Å². The van der Waals surface area contributed by atoms with E-state index in [0.717, 1.165) is 0 Å². The number of aryl methyl sites for hydroxylation is 4. The van der Waals surface area contributed by atoms with Crippen molar-refractivity contribution >= 4 is 28.5 Å². The quantitative estimate of drug-likeness (QED) is 0.165. The first-order chi connectivity index (χ1) is 34.1. The standard InChI is InChI=1S/C27H22.C19H18.C15H16.C4H10.C3H8.C2H6/c1-4-10-23-19(5-2)20-11-6-8-13-24(20)27(23)25-14-9-7-12-21(25)22-17-18(3)15-16-26(22)27;1-13-10-11-18-16-8-3-2-6-14(16)15-7-4-5-9-17(15)19(18)12-13;1-11-8-6-10-15(13(11)3)14-9-5-4-7-12(14)2;1-3-4-2;1-3-2;1-2/h4-17H,2H2,1,3H3;3,5,8-12H,2,4,6-7H2,1H3;4-10H,1-3H3;3-4H2,1-2H3;3H2,1-2H3;1-2H3/b10-4-;;;;;. The predicted octanol–water partition coefficient (Wildman–Crippen LogP) is 20.4. The van der Waals surface area contributed by atoms with Gasteiger partial charge in [-0.25, -0.2) is 0 Å². The molecular weight excluding hydrogens is 841 g/mol. The minimum atomic E-state index is -0.258. The second-order valence-corrected chi connectivity index (χ2v) is 18.9. The molecule has 0 heteroatoms. The van der Waals surface area contributed by atoms with Crippen LogP contribution in [0.5, 0.6) is 0 Å². The molecule has 1 spiro atoms. The van der Waals surface area contributed by atoms with Gasteiger partial charge in [0.15, 0.2) is 0 Å². The van der Waals surface area contributed by atoms with Crippen LogP contribution in [0.15, 0.2) is 170 Å². The molecule has 11 rings (SSSR count). The second-order valence-electron chi connectivity index (χ2n) is 18.9. The number of rotatable bonds is 4. The van der Waals surface area contributed by atoms with Gasteiger partial charge in [-0.1, -0.05) is 248 Å². The van der Waals surface area contributed by atoms with Gasteiger partial charge < -0.3 is 0 Å². The van der Waals surface area contributed by atoms with Crippen molar-refractivity contribution in [1.82, 2.24) is 0 Å². The molecule has 0 aliphatic heterocycles. The molecule has 0 radical (unpaired) electrons. The lowest BCUT2D eigenvalue weighted by atomic mass is 9.69. The molecule has 360 valence electrons. The molecule has 7 aromatic carbocycles. The average Bonchev–Trinajstić information content (AvgIpc) is 3.84. The lowest BCUT2D eigenvalue weighted by Crippen LogP contribution is -2.26. The van der Waals surface area contributed by atoms with Gasteiger partial charge in [0.1, 0.15) is 0 Å². The van der Waals surface area contributed by atoms with E-state index in [9.17, 15) is 0 Å². The van der Waals surface area contributed by atoms with Gasteiger partial charge in [-0.3, -0.25) is 0 Å². The highest BCUT2D eigenvalue weighted by Gasteiger charge is 2.51. The van der Waals surface area contributed by atoms with Crippen molar-refractivity contribution in [3.63, 3.8) is 0 Å². The fourth-order valence-electron chi connectivity index (χ4n) is 10.6. The zero-order valence-electron chi connectivity index (χ0n) is 44.8. The average molecular weight is 921 g/mol. The summed E-state index contributed by atoms with van der Waals surface area (Å²) in [6.07, 6.45) is 24.5. The Morgan fingerprint density at radius 3 is 1.61 bits per heavy atom. The van der Waals surface area contributed by atoms with Gasteiger partial charge in [0.05, 0.1) is 5.41 Å². The summed E-state index contributed by atoms with van der Waals surface area (Å²) in [5, 5.41) is 2.87. The normalized spacial score (nSPS) is 15.0. The Morgan fingerprint density at radius 2 is 1.01 bits per heavy atom. The van der Waals surface area contributed by atoms with Gasteiger partial charge in [-0.05, 0) is 173 Å². The van der Waals surface area contributed by atoms with Crippen molar-refractivity contribution in [2.45, 2.75) is 133 Å². The lowest BCUT2D eigenvalue weighted by molar-refractivity contribution is 0.785. The number of allylic oxidation sites excluding steroid dienone is 7. The Bertz CT molecular complexity index is 3040. The van der Waals surface area contributed by atoms with Gasteiger partial charge in [0.2, 0.25) is 0 Å². The van der Waals surface area contributed by atoms with Gasteiger partial charge in [-0.15, -0.1) is 0 Å². The van der Waals surface area contributed by atoms with Gasteiger partial charge in [-0.2, -0.15) is 0 Å². The fourth-order valence-corrected chi connectivity index (χ4v) is 10.6. The van der Waals surface area contributed by atoms with Crippen molar-refractivity contribution in [2.24, 2.45) is 0 Å². The van der Waals surface area contributed by atoms with Crippen LogP contribution in [0.3, 0.4) is 0 Å². The number of benzene rings is 7. The highest BCUT2D eigenvalue weighted by molar-refractivity contribution is 6.00. The van der Waals surface area contributed by atoms with Crippen molar-refractivity contribution < 1.29 is 0 Å². The Balaban J connectivity index is 0.000000164. The van der Waals surface area contributed by atoms with Crippen LogP contribution >= 0.6 is 0 Å². The molecule has 0 heterocycles. The summed E-state index contributed by atoms with van der Waals surface area (Å²) < 4.78 is 0. The van der Waals surface area contributed by atoms with Gasteiger partial charge in [0, 0.05) is 0 Å². The zero-order chi connectivity index (χ0) is 50.4. The van der Waals surface area contributed by atoms with E-state index in [1.807, 2.05) is 19.9 Å². The number of hydrogen-bond acceptors (Lipinski definition) is 0. The lowest BCUT2D eigenvalue weighted by Gasteiger charge is -2.31. The zero-order valence-corrected chi connectivity index (χ0v) is 44.8. The van der Waals surface area contributed by atoms with Crippen LogP contribution in [-0.4, -0.2) is 0 Å². The van der Waals surface area contributed by atoms with E-state index in [-0.39, 0.29) is 5.41 Å². The Kier molecular flexibility index (Phi) is 18.8. The van der Waals surface area contributed by atoms with E-state index in [2.05, 4.69) is 240 Å². The molecule has 1 atom stereocenters. The molecule has 4 aliphatic rings. The number of hydrogen-bond donors (Lipinski definition) is 0. The maximum atomic E-state index is 4.16. The van der Waals surface area contributed by atoms with Gasteiger partial charge >= 0.3 is 0 Å². The van der Waals surface area contributed by atoms with Crippen LogP contribution in [0.25, 0.3) is 50.8 Å². The van der Waals surface area contributed by atoms with Crippen LogP contribution in [0.4, 0.5) is 0 Å². The highest BCUT2D eigenvalue weighted by atomic mass is 14.5. The van der Waals surface area contributed by atoms with Crippen molar-refractivity contribution in [3.8, 4) is 22.3 Å². The molecular formula is C70H80. The maximum Gasteiger partial charge on any atom is 0.0725 e. The minimum absolute atomic E-state index is 0.258. The molecule has 0 fully saturated rings. The number of fused-ring (bicyclic) bond motifs is 13. The van der Waals surface area contributed by atoms with Crippen molar-refractivity contribution in [1.29, 1.82) is 0 Å². The molecule has 0 saturated carbocycles. The molecule has 0 N–H and O–H groups in total. The summed E-state index contributed by atoms with van der Waals surface area (Å²) in [7, 11) is 0. The first-order valence-corrected chi connectivity index (χ1v) is 26.4. The van der Waals surface area contributed by atoms with E-state index < -0.39 is 0 Å². The predicted molar refractivity (Wildman–Crippen MR) is 312 cm³/mol. The number of unbranched alkanes of at least 4 members (excludes halogenated alkanes) is 1. The minimum Gasteiger partial charge on any atom is -0.0984 e. The van der Waals surface area contributed by atoms with Crippen LogP contribution in [-0.2, 0) is 18.3 Å². The van der Waals surface area contributed by atoms with E-state index in [4.69, 9.17) is 0 Å². The summed E-state index contributed by atoms with van der Waals surface area (Å²) in [6.45, 7) is 29.8. The van der Waals surface area contributed by atoms with E-state index in [1.165, 1.54) is 150 Å². The highest BCUT2D eigenvalue weighted by Crippen LogP contribution is 2.62. The second kappa shape index (κ2) is 24.9. The van der Waals surface area contributed by atoms with Crippen LogP contribution in [0.2, 0.25) is 0 Å². The van der Waals surface area contributed by atoms with Gasteiger partial charge in [0.25, 0.3) is 0 Å².